The molecule has 12 nitrogen and oxygen atoms in total. The van der Waals surface area contributed by atoms with E-state index in [1.165, 1.54) is 27.7 Å². The van der Waals surface area contributed by atoms with Gasteiger partial charge in [-0.05, 0) is 27.7 Å². The molecule has 0 aromatic rings. The number of aliphatic hydroxyl groups excluding tert-OH is 4. The highest BCUT2D eigenvalue weighted by atomic mass is 32.1. The van der Waals surface area contributed by atoms with Crippen molar-refractivity contribution in [2.75, 3.05) is 26.4 Å². The maximum atomic E-state index is 9.62. The zero-order chi connectivity index (χ0) is 27.9. The van der Waals surface area contributed by atoms with Gasteiger partial charge in [-0.1, -0.05) is 0 Å². The van der Waals surface area contributed by atoms with Crippen LogP contribution in [0.1, 0.15) is 27.7 Å². The van der Waals surface area contributed by atoms with Crippen molar-refractivity contribution >= 4 is 74.4 Å². The molecule has 16 heteroatoms. The van der Waals surface area contributed by atoms with E-state index >= 15 is 0 Å². The van der Waals surface area contributed by atoms with Crippen molar-refractivity contribution in [1.82, 2.24) is 0 Å². The molecule has 0 aliphatic heterocycles. The van der Waals surface area contributed by atoms with Crippen LogP contribution in [0.25, 0.3) is 0 Å². The van der Waals surface area contributed by atoms with Crippen LogP contribution < -0.4 is 0 Å². The molecular formula is C17H36O12S4. The fourth-order valence-corrected chi connectivity index (χ4v) is 0.300. The normalized spacial score (nSPS) is 13.2. The van der Waals surface area contributed by atoms with Crippen LogP contribution in [0.5, 0.6) is 0 Å². The molecule has 200 valence electrons. The van der Waals surface area contributed by atoms with E-state index in [9.17, 15) is 19.2 Å². The second-order valence-corrected chi connectivity index (χ2v) is 9.29. The molecular weight excluding hydrogens is 524 g/mol. The highest BCUT2D eigenvalue weighted by Crippen LogP contribution is 2.11. The first-order chi connectivity index (χ1) is 14.8. The summed E-state index contributed by atoms with van der Waals surface area (Å²) >= 11 is 14.4. The molecule has 4 unspecified atom stereocenters. The molecule has 0 amide bonds. The van der Waals surface area contributed by atoms with Crippen molar-refractivity contribution in [2.45, 2.75) is 48.7 Å². The van der Waals surface area contributed by atoms with E-state index < -0.39 is 76.7 Å². The monoisotopic (exact) mass is 560 g/mol. The van der Waals surface area contributed by atoms with Crippen LogP contribution in [0.2, 0.25) is 0 Å². The Morgan fingerprint density at radius 3 is 0.606 bits per heavy atom. The molecule has 0 aromatic heterocycles. The van der Waals surface area contributed by atoms with Gasteiger partial charge in [0.25, 0.3) is 0 Å². The summed E-state index contributed by atoms with van der Waals surface area (Å²) in [4.78, 5) is 38.5. The SMILES string of the molecule is CC(S)C(=O)O.CC(S)C(=O)O.CC(S)C(=O)O.CC(S)C(=O)O.OCC(CO)(CO)CO. The summed E-state index contributed by atoms with van der Waals surface area (Å²) < 4.78 is 0. The van der Waals surface area contributed by atoms with Crippen LogP contribution >= 0.6 is 50.5 Å². The first kappa shape index (κ1) is 42.3. The molecule has 0 fully saturated rings. The molecule has 0 bridgehead atoms. The minimum atomic E-state index is -1.11. The summed E-state index contributed by atoms with van der Waals surface area (Å²) in [5, 5.41) is 63.5. The maximum absolute atomic E-state index is 9.62. The number of aliphatic carboxylic acids is 4. The summed E-state index contributed by atoms with van der Waals surface area (Å²) in [5.74, 6) is -3.51. The lowest BCUT2D eigenvalue weighted by Crippen LogP contribution is -2.37. The lowest BCUT2D eigenvalue weighted by molar-refractivity contribution is -0.137. The lowest BCUT2D eigenvalue weighted by atomic mass is 9.93. The highest BCUT2D eigenvalue weighted by Gasteiger charge is 2.26. The number of aliphatic hydroxyl groups is 4. The molecule has 0 heterocycles. The number of hydrogen-bond donors (Lipinski definition) is 12. The van der Waals surface area contributed by atoms with Crippen LogP contribution in [0, 0.1) is 5.41 Å². The summed E-state index contributed by atoms with van der Waals surface area (Å²) in [6, 6.07) is 0. The lowest BCUT2D eigenvalue weighted by Gasteiger charge is -2.23. The van der Waals surface area contributed by atoms with Gasteiger partial charge in [0.15, 0.2) is 0 Å². The van der Waals surface area contributed by atoms with Crippen LogP contribution in [-0.2, 0) is 19.2 Å². The fourth-order valence-electron chi connectivity index (χ4n) is 0.300. The van der Waals surface area contributed by atoms with Gasteiger partial charge >= 0.3 is 23.9 Å². The largest absolute Gasteiger partial charge is 0.480 e. The second kappa shape index (κ2) is 25.7. The Morgan fingerprint density at radius 2 is 0.606 bits per heavy atom. The van der Waals surface area contributed by atoms with E-state index in [2.05, 4.69) is 50.5 Å². The number of carboxylic acid groups (broad SMARTS) is 4. The van der Waals surface area contributed by atoms with Crippen LogP contribution in [-0.4, -0.2) is 112 Å². The molecule has 0 aliphatic rings. The minimum Gasteiger partial charge on any atom is -0.480 e. The van der Waals surface area contributed by atoms with E-state index in [0.29, 0.717) is 0 Å². The van der Waals surface area contributed by atoms with E-state index in [1.807, 2.05) is 0 Å². The molecule has 0 spiro atoms. The Labute approximate surface area is 214 Å². The Bertz CT molecular complexity index is 435. The van der Waals surface area contributed by atoms with Gasteiger partial charge in [-0.2, -0.15) is 50.5 Å². The Morgan fingerprint density at radius 1 is 0.515 bits per heavy atom. The van der Waals surface area contributed by atoms with Gasteiger partial charge in [0.2, 0.25) is 0 Å². The van der Waals surface area contributed by atoms with Gasteiger partial charge in [0, 0.05) is 0 Å². The summed E-state index contributed by atoms with van der Waals surface area (Å²) in [6.45, 7) is 4.40. The van der Waals surface area contributed by atoms with Crippen molar-refractivity contribution in [2.24, 2.45) is 5.41 Å². The predicted octanol–water partition coefficient (Wildman–Crippen LogP) is -0.501. The molecule has 0 saturated carbocycles. The van der Waals surface area contributed by atoms with Crippen LogP contribution in [0.3, 0.4) is 0 Å². The maximum Gasteiger partial charge on any atom is 0.316 e. The Kier molecular flexibility index (Phi) is 33.0. The Balaban J connectivity index is -0.000000100. The van der Waals surface area contributed by atoms with Gasteiger partial charge in [-0.25, -0.2) is 0 Å². The molecule has 4 atom stereocenters. The number of carbonyl (C=O) groups is 4. The quantitative estimate of drug-likeness (QED) is 0.169. The number of thiol groups is 4. The third kappa shape index (κ3) is 35.9. The Hall–Kier alpha value is -0.880. The van der Waals surface area contributed by atoms with Gasteiger partial charge in [-0.15, -0.1) is 0 Å². The highest BCUT2D eigenvalue weighted by molar-refractivity contribution is 7.82. The van der Waals surface area contributed by atoms with E-state index in [4.69, 9.17) is 40.9 Å². The smallest absolute Gasteiger partial charge is 0.316 e. The third-order valence-corrected chi connectivity index (χ3v) is 3.65. The summed E-state index contributed by atoms with van der Waals surface area (Å²) in [5.41, 5.74) is -1.11. The minimum absolute atomic E-state index is 0.406. The van der Waals surface area contributed by atoms with Crippen molar-refractivity contribution < 1.29 is 60.0 Å². The number of hydrogen-bond acceptors (Lipinski definition) is 12. The molecule has 0 saturated heterocycles. The summed E-state index contributed by atoms with van der Waals surface area (Å²) in [7, 11) is 0. The van der Waals surface area contributed by atoms with Crippen molar-refractivity contribution in [3.05, 3.63) is 0 Å². The first-order valence-corrected chi connectivity index (χ1v) is 11.0. The average Bonchev–Trinajstić information content (AvgIpc) is 2.71. The zero-order valence-corrected chi connectivity index (χ0v) is 22.2. The zero-order valence-electron chi connectivity index (χ0n) is 18.6. The number of rotatable bonds is 8. The summed E-state index contributed by atoms with van der Waals surface area (Å²) in [6.07, 6.45) is 0. The van der Waals surface area contributed by atoms with Crippen LogP contribution in [0.15, 0.2) is 0 Å². The first-order valence-electron chi connectivity index (χ1n) is 8.89. The number of carboxylic acids is 4. The van der Waals surface area contributed by atoms with Gasteiger partial charge < -0.3 is 40.9 Å². The molecule has 8 N–H and O–H groups in total. The van der Waals surface area contributed by atoms with E-state index in [-0.39, 0.29) is 0 Å². The molecule has 0 rings (SSSR count). The standard InChI is InChI=1S/C5H12O4.4C3H6O2S/c6-1-5(2-7,3-8)4-9;4*1-2(6)3(4)5/h6-9H,1-4H2;4*2,6H,1H3,(H,4,5). The predicted molar refractivity (Wildman–Crippen MR) is 135 cm³/mol. The van der Waals surface area contributed by atoms with Gasteiger partial charge in [0.05, 0.1) is 52.8 Å². The van der Waals surface area contributed by atoms with E-state index in [0.717, 1.165) is 0 Å². The average molecular weight is 561 g/mol. The van der Waals surface area contributed by atoms with Gasteiger partial charge in [0.1, 0.15) is 0 Å². The third-order valence-electron chi connectivity index (χ3n) is 2.77. The van der Waals surface area contributed by atoms with E-state index in [1.54, 1.807) is 0 Å². The molecule has 33 heavy (non-hydrogen) atoms. The van der Waals surface area contributed by atoms with Crippen molar-refractivity contribution in [3.8, 4) is 0 Å². The van der Waals surface area contributed by atoms with Crippen LogP contribution in [0.4, 0.5) is 0 Å². The molecule has 0 aliphatic carbocycles. The van der Waals surface area contributed by atoms with Gasteiger partial charge in [-0.3, -0.25) is 19.2 Å². The molecule has 0 radical (unpaired) electrons. The topological polar surface area (TPSA) is 230 Å². The second-order valence-electron chi connectivity index (χ2n) is 6.19. The van der Waals surface area contributed by atoms with Crippen molar-refractivity contribution in [3.63, 3.8) is 0 Å². The molecule has 0 aromatic carbocycles. The van der Waals surface area contributed by atoms with Crippen molar-refractivity contribution in [1.29, 1.82) is 0 Å². The fraction of sp³-hybridized carbons (Fsp3) is 0.765.